The lowest BCUT2D eigenvalue weighted by atomic mass is 9.83. The summed E-state index contributed by atoms with van der Waals surface area (Å²) in [7, 11) is -1.70. The number of alkyl halides is 3. The van der Waals surface area contributed by atoms with Crippen LogP contribution >= 0.6 is 0 Å². The third-order valence-corrected chi connectivity index (χ3v) is 5.05. The first-order chi connectivity index (χ1) is 11.4. The Kier molecular flexibility index (Phi) is 4.31. The summed E-state index contributed by atoms with van der Waals surface area (Å²) in [4.78, 5) is 0. The predicted octanol–water partition coefficient (Wildman–Crippen LogP) is 4.17. The van der Waals surface area contributed by atoms with Crippen LogP contribution in [0.15, 0.2) is 18.1 Å². The van der Waals surface area contributed by atoms with Crippen molar-refractivity contribution in [2.75, 3.05) is 0 Å². The lowest BCUT2D eigenvalue weighted by Crippen LogP contribution is -2.41. The molecule has 2 fully saturated rings. The number of aromatic nitrogens is 2. The Hall–Kier alpha value is -1.35. The number of rotatable bonds is 4. The van der Waals surface area contributed by atoms with Gasteiger partial charge in [0.25, 0.3) is 0 Å². The van der Waals surface area contributed by atoms with Gasteiger partial charge in [-0.15, -0.1) is 0 Å². The molecule has 3 rings (SSSR count). The SMILES string of the molecule is CC1(C)OB(C(F)=C(c2cnn(CC3CC3)c2)C(F)(F)F)OC1(C)C. The van der Waals surface area contributed by atoms with E-state index in [0.29, 0.717) is 12.5 Å². The molecule has 0 N–H and O–H groups in total. The Morgan fingerprint density at radius 2 is 1.80 bits per heavy atom. The van der Waals surface area contributed by atoms with Gasteiger partial charge in [-0.05, 0) is 46.5 Å². The molecule has 1 saturated carbocycles. The molecule has 4 nitrogen and oxygen atoms in total. The molecule has 0 aromatic carbocycles. The van der Waals surface area contributed by atoms with Crippen LogP contribution in [-0.4, -0.2) is 34.3 Å². The number of halogens is 4. The summed E-state index contributed by atoms with van der Waals surface area (Å²) in [6.07, 6.45) is -0.540. The smallest absolute Gasteiger partial charge is 0.398 e. The van der Waals surface area contributed by atoms with E-state index < -0.39 is 35.8 Å². The van der Waals surface area contributed by atoms with Gasteiger partial charge in [0.05, 0.1) is 23.0 Å². The van der Waals surface area contributed by atoms with Gasteiger partial charge in [0.2, 0.25) is 0 Å². The maximum atomic E-state index is 14.8. The first-order valence-electron chi connectivity index (χ1n) is 8.26. The number of hydrogen-bond donors (Lipinski definition) is 0. The van der Waals surface area contributed by atoms with E-state index in [1.807, 2.05) is 0 Å². The van der Waals surface area contributed by atoms with Crippen LogP contribution in [0.5, 0.6) is 0 Å². The van der Waals surface area contributed by atoms with Crippen LogP contribution in [0.2, 0.25) is 0 Å². The van der Waals surface area contributed by atoms with Gasteiger partial charge in [-0.2, -0.15) is 18.3 Å². The van der Waals surface area contributed by atoms with Gasteiger partial charge >= 0.3 is 13.3 Å². The second-order valence-electron chi connectivity index (χ2n) is 7.70. The maximum Gasteiger partial charge on any atom is 0.525 e. The Morgan fingerprint density at radius 3 is 2.28 bits per heavy atom. The minimum absolute atomic E-state index is 0.319. The molecule has 1 aliphatic heterocycles. The largest absolute Gasteiger partial charge is 0.525 e. The molecule has 0 unspecified atom stereocenters. The highest BCUT2D eigenvalue weighted by Crippen LogP contribution is 2.43. The fraction of sp³-hybridized carbons (Fsp3) is 0.688. The second-order valence-corrected chi connectivity index (χ2v) is 7.70. The van der Waals surface area contributed by atoms with E-state index in [0.717, 1.165) is 19.0 Å². The predicted molar refractivity (Wildman–Crippen MR) is 85.1 cm³/mol. The first-order valence-corrected chi connectivity index (χ1v) is 8.26. The summed E-state index contributed by atoms with van der Waals surface area (Å²) in [5.74, 6) is 0.444. The summed E-state index contributed by atoms with van der Waals surface area (Å²) in [5.41, 5.74) is -5.05. The molecule has 9 heteroatoms. The van der Waals surface area contributed by atoms with Crippen molar-refractivity contribution in [2.45, 2.75) is 64.5 Å². The van der Waals surface area contributed by atoms with E-state index in [9.17, 15) is 17.6 Å². The fourth-order valence-electron chi connectivity index (χ4n) is 2.66. The number of nitrogens with zero attached hydrogens (tertiary/aromatic N) is 2. The van der Waals surface area contributed by atoms with Crippen molar-refractivity contribution in [3.63, 3.8) is 0 Å². The maximum absolute atomic E-state index is 14.8. The van der Waals surface area contributed by atoms with Crippen LogP contribution in [-0.2, 0) is 15.9 Å². The number of hydrogen-bond acceptors (Lipinski definition) is 3. The highest BCUT2D eigenvalue weighted by molar-refractivity contribution is 6.55. The van der Waals surface area contributed by atoms with E-state index in [-0.39, 0.29) is 5.56 Å². The van der Waals surface area contributed by atoms with Gasteiger partial charge in [0, 0.05) is 18.3 Å². The van der Waals surface area contributed by atoms with Gasteiger partial charge in [0.1, 0.15) is 5.73 Å². The van der Waals surface area contributed by atoms with Crippen molar-refractivity contribution >= 4 is 12.7 Å². The monoisotopic (exact) mass is 360 g/mol. The van der Waals surface area contributed by atoms with Gasteiger partial charge < -0.3 is 9.31 Å². The van der Waals surface area contributed by atoms with Gasteiger partial charge in [0.15, 0.2) is 0 Å². The van der Waals surface area contributed by atoms with E-state index >= 15 is 0 Å². The zero-order chi connectivity index (χ0) is 18.6. The van der Waals surface area contributed by atoms with E-state index in [4.69, 9.17) is 9.31 Å². The quantitative estimate of drug-likeness (QED) is 0.597. The third kappa shape index (κ3) is 3.62. The molecule has 0 amide bonds. The third-order valence-electron chi connectivity index (χ3n) is 5.05. The van der Waals surface area contributed by atoms with Crippen molar-refractivity contribution in [2.24, 2.45) is 5.92 Å². The van der Waals surface area contributed by atoms with Gasteiger partial charge in [-0.3, -0.25) is 4.68 Å². The van der Waals surface area contributed by atoms with Crippen molar-refractivity contribution in [1.82, 2.24) is 9.78 Å². The zero-order valence-electron chi connectivity index (χ0n) is 14.7. The topological polar surface area (TPSA) is 36.3 Å². The minimum Gasteiger partial charge on any atom is -0.398 e. The van der Waals surface area contributed by atoms with Crippen LogP contribution < -0.4 is 0 Å². The normalized spacial score (nSPS) is 23.8. The van der Waals surface area contributed by atoms with Crippen molar-refractivity contribution < 1.29 is 26.9 Å². The summed E-state index contributed by atoms with van der Waals surface area (Å²) >= 11 is 0. The molecule has 138 valence electrons. The molecule has 1 aliphatic carbocycles. The molecule has 0 atom stereocenters. The van der Waals surface area contributed by atoms with E-state index in [1.165, 1.54) is 10.9 Å². The molecule has 1 aromatic rings. The fourth-order valence-corrected chi connectivity index (χ4v) is 2.66. The Bertz CT molecular complexity index is 677. The molecule has 25 heavy (non-hydrogen) atoms. The standard InChI is InChI=1S/C16H21BF4N2O2/c1-14(2)15(3,4)25-17(24-14)13(18)12(16(19,20)21)11-7-22-23(9-11)8-10-5-6-10/h7,9-10H,5-6,8H2,1-4H3. The van der Waals surface area contributed by atoms with Crippen LogP contribution in [0, 0.1) is 5.92 Å². The van der Waals surface area contributed by atoms with Crippen molar-refractivity contribution in [3.05, 3.63) is 23.7 Å². The summed E-state index contributed by atoms with van der Waals surface area (Å²) < 4.78 is 67.7. The average molecular weight is 360 g/mol. The molecule has 0 bridgehead atoms. The summed E-state index contributed by atoms with van der Waals surface area (Å²) in [6, 6.07) is 0. The average Bonchev–Trinajstić information content (AvgIpc) is 3.08. The van der Waals surface area contributed by atoms with Crippen molar-refractivity contribution in [1.29, 1.82) is 0 Å². The van der Waals surface area contributed by atoms with Gasteiger partial charge in [-0.1, -0.05) is 0 Å². The summed E-state index contributed by atoms with van der Waals surface area (Å²) in [6.45, 7) is 7.16. The van der Waals surface area contributed by atoms with Crippen LogP contribution in [0.3, 0.4) is 0 Å². The summed E-state index contributed by atoms with van der Waals surface area (Å²) in [5, 5.41) is 3.93. The molecule has 2 heterocycles. The zero-order valence-corrected chi connectivity index (χ0v) is 14.7. The first kappa shape index (κ1) is 18.4. The molecule has 0 spiro atoms. The lowest BCUT2D eigenvalue weighted by molar-refractivity contribution is -0.0699. The number of allylic oxidation sites excluding steroid dienone is 1. The highest BCUT2D eigenvalue weighted by Gasteiger charge is 2.55. The van der Waals surface area contributed by atoms with Crippen LogP contribution in [0.25, 0.3) is 5.57 Å². The Labute approximate surface area is 144 Å². The minimum atomic E-state index is -4.89. The van der Waals surface area contributed by atoms with Crippen LogP contribution in [0.4, 0.5) is 17.6 Å². The lowest BCUT2D eigenvalue weighted by Gasteiger charge is -2.32. The molecular formula is C16H21BF4N2O2. The Morgan fingerprint density at radius 1 is 1.24 bits per heavy atom. The Balaban J connectivity index is 1.94. The molecular weight excluding hydrogens is 339 g/mol. The van der Waals surface area contributed by atoms with E-state index in [1.54, 1.807) is 27.7 Å². The second kappa shape index (κ2) is 5.84. The van der Waals surface area contributed by atoms with Crippen LogP contribution in [0.1, 0.15) is 46.1 Å². The molecule has 1 aromatic heterocycles. The van der Waals surface area contributed by atoms with Gasteiger partial charge in [-0.25, -0.2) is 4.39 Å². The molecule has 1 saturated heterocycles. The molecule has 0 radical (unpaired) electrons. The van der Waals surface area contributed by atoms with Crippen molar-refractivity contribution in [3.8, 4) is 0 Å². The highest BCUT2D eigenvalue weighted by atomic mass is 19.4. The molecule has 2 aliphatic rings. The van der Waals surface area contributed by atoms with E-state index in [2.05, 4.69) is 5.10 Å².